The SMILES string of the molecule is c1ccc(-c2ccc(Nc3ccc4c(c3)c3ccccc3n4-c3ccccc3)c3ccccc23)cc1. The summed E-state index contributed by atoms with van der Waals surface area (Å²) in [6.45, 7) is 0. The molecule has 0 aliphatic heterocycles. The molecule has 0 fully saturated rings. The quantitative estimate of drug-likeness (QED) is 0.277. The average Bonchev–Trinajstić information content (AvgIpc) is 3.28. The van der Waals surface area contributed by atoms with Gasteiger partial charge in [-0.05, 0) is 59.0 Å². The molecule has 7 rings (SSSR count). The topological polar surface area (TPSA) is 17.0 Å². The molecule has 0 aliphatic carbocycles. The molecule has 1 heterocycles. The number of rotatable bonds is 4. The largest absolute Gasteiger partial charge is 0.355 e. The summed E-state index contributed by atoms with van der Waals surface area (Å²) in [5.74, 6) is 0. The molecule has 0 aliphatic rings. The van der Waals surface area contributed by atoms with Crippen molar-refractivity contribution in [2.75, 3.05) is 5.32 Å². The van der Waals surface area contributed by atoms with Crippen LogP contribution in [0.15, 0.2) is 140 Å². The molecule has 1 N–H and O–H groups in total. The zero-order valence-electron chi connectivity index (χ0n) is 19.7. The van der Waals surface area contributed by atoms with Crippen LogP contribution in [0.5, 0.6) is 0 Å². The van der Waals surface area contributed by atoms with E-state index in [4.69, 9.17) is 0 Å². The van der Waals surface area contributed by atoms with Crippen molar-refractivity contribution in [1.82, 2.24) is 4.57 Å². The van der Waals surface area contributed by atoms with Crippen molar-refractivity contribution in [3.63, 3.8) is 0 Å². The molecule has 0 saturated carbocycles. The Balaban J connectivity index is 1.36. The molecule has 0 unspecified atom stereocenters. The minimum absolute atomic E-state index is 1.08. The van der Waals surface area contributed by atoms with Crippen LogP contribution in [0.3, 0.4) is 0 Å². The monoisotopic (exact) mass is 460 g/mol. The van der Waals surface area contributed by atoms with Gasteiger partial charge < -0.3 is 9.88 Å². The first-order valence-electron chi connectivity index (χ1n) is 12.3. The van der Waals surface area contributed by atoms with E-state index in [1.165, 1.54) is 49.4 Å². The first-order valence-corrected chi connectivity index (χ1v) is 12.3. The molecular formula is C34H24N2. The summed E-state index contributed by atoms with van der Waals surface area (Å²) in [6, 6.07) is 49.5. The van der Waals surface area contributed by atoms with Crippen molar-refractivity contribution in [3.05, 3.63) is 140 Å². The average molecular weight is 461 g/mol. The summed E-state index contributed by atoms with van der Waals surface area (Å²) in [6.07, 6.45) is 0. The van der Waals surface area contributed by atoms with E-state index in [9.17, 15) is 0 Å². The Morgan fingerprint density at radius 2 is 1.08 bits per heavy atom. The summed E-state index contributed by atoms with van der Waals surface area (Å²) in [5, 5.41) is 8.68. The number of anilines is 2. The lowest BCUT2D eigenvalue weighted by atomic mass is 9.97. The van der Waals surface area contributed by atoms with E-state index in [1.54, 1.807) is 0 Å². The van der Waals surface area contributed by atoms with Crippen molar-refractivity contribution in [1.29, 1.82) is 0 Å². The van der Waals surface area contributed by atoms with Crippen molar-refractivity contribution in [2.24, 2.45) is 0 Å². The van der Waals surface area contributed by atoms with Gasteiger partial charge in [-0.2, -0.15) is 0 Å². The number of benzene rings is 6. The Morgan fingerprint density at radius 3 is 1.89 bits per heavy atom. The molecule has 36 heavy (non-hydrogen) atoms. The van der Waals surface area contributed by atoms with Gasteiger partial charge in [0.15, 0.2) is 0 Å². The molecule has 2 heteroatoms. The molecule has 0 atom stereocenters. The van der Waals surface area contributed by atoms with Gasteiger partial charge in [-0.25, -0.2) is 0 Å². The van der Waals surface area contributed by atoms with E-state index in [0.29, 0.717) is 0 Å². The second-order valence-electron chi connectivity index (χ2n) is 9.12. The van der Waals surface area contributed by atoms with Crippen LogP contribution < -0.4 is 5.32 Å². The maximum atomic E-state index is 3.72. The van der Waals surface area contributed by atoms with E-state index in [1.807, 2.05) is 0 Å². The number of para-hydroxylation sites is 2. The molecule has 7 aromatic rings. The van der Waals surface area contributed by atoms with Crippen LogP contribution in [0.25, 0.3) is 49.4 Å². The Labute approximate surface area is 210 Å². The zero-order chi connectivity index (χ0) is 23.9. The van der Waals surface area contributed by atoms with Gasteiger partial charge >= 0.3 is 0 Å². The Kier molecular flexibility index (Phi) is 4.82. The zero-order valence-corrected chi connectivity index (χ0v) is 19.7. The van der Waals surface area contributed by atoms with Crippen LogP contribution in [0, 0.1) is 0 Å². The smallest absolute Gasteiger partial charge is 0.0542 e. The summed E-state index contributed by atoms with van der Waals surface area (Å²) < 4.78 is 2.35. The number of nitrogens with one attached hydrogen (secondary N) is 1. The standard InChI is InChI=1S/C34H24N2/c1-3-11-24(12-4-1)27-20-21-32(29-16-8-7-15-28(27)29)35-25-19-22-34-31(23-25)30-17-9-10-18-33(30)36(34)26-13-5-2-6-14-26/h1-23,35H. The van der Waals surface area contributed by atoms with E-state index in [0.717, 1.165) is 11.4 Å². The molecular weight excluding hydrogens is 436 g/mol. The van der Waals surface area contributed by atoms with Crippen molar-refractivity contribution >= 4 is 44.0 Å². The second-order valence-corrected chi connectivity index (χ2v) is 9.12. The van der Waals surface area contributed by atoms with Gasteiger partial charge in [0.05, 0.1) is 11.0 Å². The highest BCUT2D eigenvalue weighted by molar-refractivity contribution is 6.11. The third kappa shape index (κ3) is 3.35. The van der Waals surface area contributed by atoms with Crippen LogP contribution >= 0.6 is 0 Å². The van der Waals surface area contributed by atoms with Gasteiger partial charge in [0.25, 0.3) is 0 Å². The fourth-order valence-electron chi connectivity index (χ4n) is 5.34. The van der Waals surface area contributed by atoms with Crippen LogP contribution in [-0.4, -0.2) is 4.57 Å². The highest BCUT2D eigenvalue weighted by Gasteiger charge is 2.13. The normalized spacial score (nSPS) is 11.3. The molecule has 1 aromatic heterocycles. The third-order valence-electron chi connectivity index (χ3n) is 6.97. The minimum Gasteiger partial charge on any atom is -0.355 e. The lowest BCUT2D eigenvalue weighted by molar-refractivity contribution is 1.18. The molecule has 2 nitrogen and oxygen atoms in total. The molecule has 170 valence electrons. The molecule has 0 amide bonds. The van der Waals surface area contributed by atoms with E-state index >= 15 is 0 Å². The number of hydrogen-bond acceptors (Lipinski definition) is 1. The summed E-state index contributed by atoms with van der Waals surface area (Å²) >= 11 is 0. The lowest BCUT2D eigenvalue weighted by Gasteiger charge is -2.14. The maximum Gasteiger partial charge on any atom is 0.0542 e. The number of nitrogens with zero attached hydrogens (tertiary/aromatic N) is 1. The highest BCUT2D eigenvalue weighted by atomic mass is 15.0. The molecule has 0 radical (unpaired) electrons. The van der Waals surface area contributed by atoms with Crippen molar-refractivity contribution in [3.8, 4) is 16.8 Å². The van der Waals surface area contributed by atoms with E-state index < -0.39 is 0 Å². The highest BCUT2D eigenvalue weighted by Crippen LogP contribution is 2.37. The van der Waals surface area contributed by atoms with Gasteiger partial charge in [-0.15, -0.1) is 0 Å². The maximum absolute atomic E-state index is 3.72. The first-order chi connectivity index (χ1) is 17.9. The van der Waals surface area contributed by atoms with Crippen LogP contribution in [0.2, 0.25) is 0 Å². The number of hydrogen-bond donors (Lipinski definition) is 1. The minimum atomic E-state index is 1.08. The summed E-state index contributed by atoms with van der Waals surface area (Å²) in [7, 11) is 0. The predicted octanol–water partition coefficient (Wildman–Crippen LogP) is 9.35. The Morgan fingerprint density at radius 1 is 0.444 bits per heavy atom. The molecule has 0 spiro atoms. The fraction of sp³-hybridized carbons (Fsp3) is 0. The number of fused-ring (bicyclic) bond motifs is 4. The van der Waals surface area contributed by atoms with Crippen LogP contribution in [-0.2, 0) is 0 Å². The number of aromatic nitrogens is 1. The molecule has 6 aromatic carbocycles. The molecule has 0 bridgehead atoms. The summed E-state index contributed by atoms with van der Waals surface area (Å²) in [4.78, 5) is 0. The summed E-state index contributed by atoms with van der Waals surface area (Å²) in [5.41, 5.74) is 8.26. The van der Waals surface area contributed by atoms with Crippen molar-refractivity contribution in [2.45, 2.75) is 0 Å². The van der Waals surface area contributed by atoms with E-state index in [2.05, 4.69) is 149 Å². The lowest BCUT2D eigenvalue weighted by Crippen LogP contribution is -1.94. The first kappa shape index (κ1) is 20.5. The third-order valence-corrected chi connectivity index (χ3v) is 6.97. The predicted molar refractivity (Wildman–Crippen MR) is 153 cm³/mol. The second kappa shape index (κ2) is 8.44. The fourth-order valence-corrected chi connectivity index (χ4v) is 5.34. The van der Waals surface area contributed by atoms with Gasteiger partial charge in [-0.1, -0.05) is 97.1 Å². The Hall–Kier alpha value is -4.82. The van der Waals surface area contributed by atoms with E-state index in [-0.39, 0.29) is 0 Å². The van der Waals surface area contributed by atoms with Gasteiger partial charge in [0.2, 0.25) is 0 Å². The van der Waals surface area contributed by atoms with Gasteiger partial charge in [-0.3, -0.25) is 0 Å². The van der Waals surface area contributed by atoms with Crippen LogP contribution in [0.1, 0.15) is 0 Å². The Bertz CT molecular complexity index is 1850. The van der Waals surface area contributed by atoms with Crippen LogP contribution in [0.4, 0.5) is 11.4 Å². The van der Waals surface area contributed by atoms with Crippen molar-refractivity contribution < 1.29 is 0 Å². The molecule has 0 saturated heterocycles. The van der Waals surface area contributed by atoms with Gasteiger partial charge in [0, 0.05) is 33.2 Å². The van der Waals surface area contributed by atoms with Gasteiger partial charge in [0.1, 0.15) is 0 Å².